The molecule has 2 aliphatic heterocycles. The Bertz CT molecular complexity index is 1520. The zero-order chi connectivity index (χ0) is 31.0. The Morgan fingerprint density at radius 2 is 1.86 bits per heavy atom. The zero-order valence-electron chi connectivity index (χ0n) is 22.9. The highest BCUT2D eigenvalue weighted by Gasteiger charge is 2.47. The van der Waals surface area contributed by atoms with Crippen LogP contribution in [0.2, 0.25) is 10.0 Å². The summed E-state index contributed by atoms with van der Waals surface area (Å²) in [6, 6.07) is 6.64. The van der Waals surface area contributed by atoms with Gasteiger partial charge in [-0.05, 0) is 38.8 Å². The number of alkyl halides is 3. The Hall–Kier alpha value is -3.33. The van der Waals surface area contributed by atoms with Crippen molar-refractivity contribution in [2.24, 2.45) is 18.2 Å². The Balaban J connectivity index is 0.000000517. The maximum atomic E-state index is 13.2. The smallest absolute Gasteiger partial charge is 0.475 e. The number of hydrogen-bond donors (Lipinski definition) is 2. The molecule has 5 rings (SSSR count). The number of ether oxygens (including phenoxy) is 2. The molecule has 4 heterocycles. The zero-order valence-corrected chi connectivity index (χ0v) is 24.4. The van der Waals surface area contributed by atoms with Gasteiger partial charge in [0, 0.05) is 49.9 Å². The maximum Gasteiger partial charge on any atom is 0.490 e. The standard InChI is InChI=1S/C24H28Cl2N6O3.C2HF3O2/c1-14-23(27)24(13-34-14)7-10-31(11-8-24)18-12-20(33)32(15(2)28-18)16-4-5-17(22(26)21(16)25)35-19-6-9-30(3)29-19;3-2(4,5)1(6)7/h4-6,9,12,14,23H,7-8,10-11,13,27H2,1-3H3;(H,6,7)/t14-,23+;/m0./s1. The van der Waals surface area contributed by atoms with Gasteiger partial charge in [0.05, 0.1) is 23.4 Å². The van der Waals surface area contributed by atoms with E-state index in [1.165, 1.54) is 4.57 Å². The molecule has 2 fully saturated rings. The summed E-state index contributed by atoms with van der Waals surface area (Å²) in [6.07, 6.45) is -1.44. The summed E-state index contributed by atoms with van der Waals surface area (Å²) in [5.74, 6) is -0.858. The number of carbonyl (C=O) groups is 1. The molecule has 3 aromatic rings. The number of carboxylic acids is 1. The number of aromatic nitrogens is 4. The molecule has 0 amide bonds. The summed E-state index contributed by atoms with van der Waals surface area (Å²) >= 11 is 13.1. The van der Waals surface area contributed by atoms with Crippen LogP contribution in [0.25, 0.3) is 5.69 Å². The molecule has 16 heteroatoms. The molecule has 2 aromatic heterocycles. The number of hydrogen-bond acceptors (Lipinski definition) is 8. The van der Waals surface area contributed by atoms with Crippen molar-refractivity contribution in [2.75, 3.05) is 24.6 Å². The fourth-order valence-corrected chi connectivity index (χ4v) is 5.46. The van der Waals surface area contributed by atoms with Gasteiger partial charge in [-0.1, -0.05) is 23.2 Å². The first-order chi connectivity index (χ1) is 19.6. The van der Waals surface area contributed by atoms with Crippen LogP contribution in [0.3, 0.4) is 0 Å². The van der Waals surface area contributed by atoms with Crippen molar-refractivity contribution >= 4 is 35.0 Å². The highest BCUT2D eigenvalue weighted by molar-refractivity contribution is 6.44. The number of anilines is 1. The molecule has 2 aliphatic rings. The number of nitrogens with zero attached hydrogens (tertiary/aromatic N) is 5. The number of aliphatic carboxylic acids is 1. The summed E-state index contributed by atoms with van der Waals surface area (Å²) in [4.78, 5) is 29.0. The van der Waals surface area contributed by atoms with Crippen molar-refractivity contribution in [1.29, 1.82) is 0 Å². The Labute approximate surface area is 248 Å². The van der Waals surface area contributed by atoms with E-state index in [0.717, 1.165) is 25.9 Å². The number of nitrogens with two attached hydrogens (primary N) is 1. The summed E-state index contributed by atoms with van der Waals surface area (Å²) < 4.78 is 46.4. The first-order valence-corrected chi connectivity index (χ1v) is 13.6. The molecule has 228 valence electrons. The average molecular weight is 633 g/mol. The van der Waals surface area contributed by atoms with Gasteiger partial charge < -0.3 is 25.2 Å². The third-order valence-corrected chi connectivity index (χ3v) is 8.27. The number of rotatable bonds is 4. The molecule has 42 heavy (non-hydrogen) atoms. The van der Waals surface area contributed by atoms with Crippen LogP contribution in [0.4, 0.5) is 19.0 Å². The molecular formula is C26H29Cl2F3N6O5. The largest absolute Gasteiger partial charge is 0.490 e. The van der Waals surface area contributed by atoms with Crippen molar-refractivity contribution in [3.63, 3.8) is 0 Å². The summed E-state index contributed by atoms with van der Waals surface area (Å²) in [7, 11) is 1.79. The van der Waals surface area contributed by atoms with Crippen LogP contribution in [0.1, 0.15) is 25.6 Å². The molecular weight excluding hydrogens is 604 g/mol. The van der Waals surface area contributed by atoms with Crippen molar-refractivity contribution in [3.05, 3.63) is 56.7 Å². The monoisotopic (exact) mass is 632 g/mol. The van der Waals surface area contributed by atoms with Crippen molar-refractivity contribution in [3.8, 4) is 17.3 Å². The second kappa shape index (κ2) is 12.1. The SMILES string of the molecule is Cc1nc(N2CCC3(CC2)CO[C@@H](C)[C@H]3N)cc(=O)n1-c1ccc(Oc2ccn(C)n2)c(Cl)c1Cl.O=C(O)C(F)(F)F. The van der Waals surface area contributed by atoms with E-state index in [9.17, 15) is 18.0 Å². The Morgan fingerprint density at radius 3 is 2.36 bits per heavy atom. The minimum atomic E-state index is -5.08. The first-order valence-electron chi connectivity index (χ1n) is 12.8. The molecule has 2 saturated heterocycles. The van der Waals surface area contributed by atoms with Crippen LogP contribution >= 0.6 is 23.2 Å². The molecule has 2 atom stereocenters. The lowest BCUT2D eigenvalue weighted by atomic mass is 9.73. The highest BCUT2D eigenvalue weighted by Crippen LogP contribution is 2.42. The number of piperidine rings is 1. The third kappa shape index (κ3) is 6.51. The van der Waals surface area contributed by atoms with Gasteiger partial charge in [0.1, 0.15) is 22.4 Å². The fraction of sp³-hybridized carbons (Fsp3) is 0.462. The van der Waals surface area contributed by atoms with Gasteiger partial charge in [0.25, 0.3) is 5.56 Å². The highest BCUT2D eigenvalue weighted by atomic mass is 35.5. The predicted molar refractivity (Wildman–Crippen MR) is 149 cm³/mol. The minimum Gasteiger partial charge on any atom is -0.475 e. The molecule has 0 aliphatic carbocycles. The van der Waals surface area contributed by atoms with Crippen LogP contribution in [-0.2, 0) is 16.6 Å². The Morgan fingerprint density at radius 1 is 1.21 bits per heavy atom. The summed E-state index contributed by atoms with van der Waals surface area (Å²) in [6.45, 7) is 6.04. The lowest BCUT2D eigenvalue weighted by Gasteiger charge is -2.41. The topological polar surface area (TPSA) is 138 Å². The normalized spacial score (nSPS) is 19.9. The number of carboxylic acid groups (broad SMARTS) is 1. The van der Waals surface area contributed by atoms with E-state index in [1.807, 2.05) is 6.92 Å². The second-order valence-corrected chi connectivity index (χ2v) is 10.9. The number of aryl methyl sites for hydroxylation is 2. The van der Waals surface area contributed by atoms with Crippen molar-refractivity contribution < 1.29 is 32.5 Å². The molecule has 0 unspecified atom stereocenters. The van der Waals surface area contributed by atoms with Crippen LogP contribution in [-0.4, -0.2) is 68.4 Å². The summed E-state index contributed by atoms with van der Waals surface area (Å²) in [5.41, 5.74) is 6.64. The van der Waals surface area contributed by atoms with Gasteiger partial charge in [-0.3, -0.25) is 14.0 Å². The van der Waals surface area contributed by atoms with Crippen LogP contribution in [0, 0.1) is 12.3 Å². The number of halogens is 5. The minimum absolute atomic E-state index is 0.00328. The molecule has 0 radical (unpaired) electrons. The van der Waals surface area contributed by atoms with E-state index in [-0.39, 0.29) is 33.2 Å². The molecule has 1 spiro atoms. The lowest BCUT2D eigenvalue weighted by Crippen LogP contribution is -2.51. The van der Waals surface area contributed by atoms with Gasteiger partial charge in [0.2, 0.25) is 5.88 Å². The van der Waals surface area contributed by atoms with E-state index < -0.39 is 12.1 Å². The fourth-order valence-electron chi connectivity index (χ4n) is 5.03. The van der Waals surface area contributed by atoms with E-state index in [2.05, 4.69) is 10.00 Å². The molecule has 11 nitrogen and oxygen atoms in total. The molecule has 0 bridgehead atoms. The van der Waals surface area contributed by atoms with Gasteiger partial charge in [-0.25, -0.2) is 9.78 Å². The predicted octanol–water partition coefficient (Wildman–Crippen LogP) is 4.34. The lowest BCUT2D eigenvalue weighted by molar-refractivity contribution is -0.192. The average Bonchev–Trinajstić information content (AvgIpc) is 3.45. The van der Waals surface area contributed by atoms with Gasteiger partial charge >= 0.3 is 12.1 Å². The third-order valence-electron chi connectivity index (χ3n) is 7.42. The molecule has 0 saturated carbocycles. The van der Waals surface area contributed by atoms with Crippen LogP contribution in [0.15, 0.2) is 35.3 Å². The van der Waals surface area contributed by atoms with Gasteiger partial charge in [0.15, 0.2) is 0 Å². The van der Waals surface area contributed by atoms with E-state index in [1.54, 1.807) is 49.1 Å². The van der Waals surface area contributed by atoms with Crippen LogP contribution in [0.5, 0.6) is 11.6 Å². The second-order valence-electron chi connectivity index (χ2n) is 10.2. The maximum absolute atomic E-state index is 13.2. The molecule has 3 N–H and O–H groups in total. The van der Waals surface area contributed by atoms with E-state index >= 15 is 0 Å². The van der Waals surface area contributed by atoms with Crippen molar-refractivity contribution in [1.82, 2.24) is 19.3 Å². The van der Waals surface area contributed by atoms with E-state index in [4.69, 9.17) is 53.3 Å². The van der Waals surface area contributed by atoms with Crippen molar-refractivity contribution in [2.45, 2.75) is 45.0 Å². The van der Waals surface area contributed by atoms with Gasteiger partial charge in [-0.15, -0.1) is 5.10 Å². The van der Waals surface area contributed by atoms with Crippen LogP contribution < -0.4 is 20.9 Å². The van der Waals surface area contributed by atoms with E-state index in [0.29, 0.717) is 35.6 Å². The molecule has 1 aromatic carbocycles. The van der Waals surface area contributed by atoms with Gasteiger partial charge in [-0.2, -0.15) is 13.2 Å². The quantitative estimate of drug-likeness (QED) is 0.430. The Kier molecular flexibility index (Phi) is 9.11. The first kappa shape index (κ1) is 31.6. The summed E-state index contributed by atoms with van der Waals surface area (Å²) in [5, 5.41) is 11.7. The number of benzene rings is 1.